The normalized spacial score (nSPS) is 11.5. The summed E-state index contributed by atoms with van der Waals surface area (Å²) in [5.41, 5.74) is 0.419. The smallest absolute Gasteiger partial charge is 0.266 e. The number of aromatic nitrogens is 1. The number of ether oxygens (including phenoxy) is 1. The molecule has 1 aromatic heterocycles. The highest BCUT2D eigenvalue weighted by Gasteiger charge is 2.17. The first kappa shape index (κ1) is 14.9. The van der Waals surface area contributed by atoms with Crippen LogP contribution in [0, 0.1) is 18.3 Å². The van der Waals surface area contributed by atoms with Crippen LogP contribution < -0.4 is 10.1 Å². The number of carbonyl (C=O) groups is 1. The summed E-state index contributed by atoms with van der Waals surface area (Å²) >= 11 is 5.99. The van der Waals surface area contributed by atoms with E-state index in [9.17, 15) is 4.79 Å². The van der Waals surface area contributed by atoms with E-state index >= 15 is 0 Å². The highest BCUT2D eigenvalue weighted by atomic mass is 35.5. The van der Waals surface area contributed by atoms with Crippen LogP contribution in [0.15, 0.2) is 28.8 Å². The molecular formula is C14H12ClN3O3. The van der Waals surface area contributed by atoms with Crippen LogP contribution in [0.1, 0.15) is 18.2 Å². The molecule has 0 radical (unpaired) electrons. The third-order valence-electron chi connectivity index (χ3n) is 2.61. The fourth-order valence-corrected chi connectivity index (χ4v) is 1.79. The fraction of sp³-hybridized carbons (Fsp3) is 0.214. The highest BCUT2D eigenvalue weighted by molar-refractivity contribution is 6.32. The molecule has 1 aromatic carbocycles. The van der Waals surface area contributed by atoms with E-state index in [-0.39, 0.29) is 10.9 Å². The van der Waals surface area contributed by atoms with Crippen molar-refractivity contribution in [2.24, 2.45) is 0 Å². The molecule has 108 valence electrons. The first-order chi connectivity index (χ1) is 9.99. The van der Waals surface area contributed by atoms with Gasteiger partial charge in [-0.1, -0.05) is 16.8 Å². The molecule has 0 spiro atoms. The molecule has 1 heterocycles. The van der Waals surface area contributed by atoms with Gasteiger partial charge in [-0.25, -0.2) is 0 Å². The largest absolute Gasteiger partial charge is 0.479 e. The molecule has 0 saturated carbocycles. The number of hydrogen-bond donors (Lipinski definition) is 1. The molecule has 6 nitrogen and oxygen atoms in total. The van der Waals surface area contributed by atoms with E-state index in [0.29, 0.717) is 22.9 Å². The van der Waals surface area contributed by atoms with Crippen LogP contribution in [0.5, 0.6) is 5.75 Å². The maximum Gasteiger partial charge on any atom is 0.266 e. The zero-order valence-electron chi connectivity index (χ0n) is 11.4. The molecule has 1 amide bonds. The molecular weight excluding hydrogens is 294 g/mol. The van der Waals surface area contributed by atoms with Crippen molar-refractivity contribution >= 4 is 23.3 Å². The maximum atomic E-state index is 11.9. The standard InChI is InChI=1S/C14H12ClN3O3/c1-8-5-13(18-21-8)17-14(19)9(2)20-12-4-3-10(7-16)6-11(12)15/h3-6,9H,1-2H3,(H,17,18,19)/t9-/m0/s1. The van der Waals surface area contributed by atoms with Crippen LogP contribution in [0.25, 0.3) is 0 Å². The number of hydrogen-bond acceptors (Lipinski definition) is 5. The summed E-state index contributed by atoms with van der Waals surface area (Å²) in [5.74, 6) is 0.853. The lowest BCUT2D eigenvalue weighted by molar-refractivity contribution is -0.122. The summed E-state index contributed by atoms with van der Waals surface area (Å²) in [6, 6.07) is 8.15. The van der Waals surface area contributed by atoms with Gasteiger partial charge in [-0.15, -0.1) is 0 Å². The Hall–Kier alpha value is -2.52. The molecule has 0 unspecified atom stereocenters. The highest BCUT2D eigenvalue weighted by Crippen LogP contribution is 2.26. The van der Waals surface area contributed by atoms with E-state index in [1.807, 2.05) is 6.07 Å². The van der Waals surface area contributed by atoms with Gasteiger partial charge in [0.15, 0.2) is 11.9 Å². The van der Waals surface area contributed by atoms with Gasteiger partial charge in [0.05, 0.1) is 16.7 Å². The summed E-state index contributed by atoms with van der Waals surface area (Å²) in [5, 5.41) is 15.3. The van der Waals surface area contributed by atoms with Crippen LogP contribution in [-0.2, 0) is 4.79 Å². The SMILES string of the molecule is Cc1cc(NC(=O)[C@H](C)Oc2ccc(C#N)cc2Cl)no1. The number of nitriles is 1. The van der Waals surface area contributed by atoms with Gasteiger partial charge in [-0.2, -0.15) is 5.26 Å². The van der Waals surface area contributed by atoms with E-state index in [1.54, 1.807) is 32.0 Å². The summed E-state index contributed by atoms with van der Waals surface area (Å²) in [6.07, 6.45) is -0.785. The number of carbonyl (C=O) groups excluding carboxylic acids is 1. The molecule has 2 aromatic rings. The van der Waals surface area contributed by atoms with Crippen LogP contribution in [-0.4, -0.2) is 17.2 Å². The Balaban J connectivity index is 2.02. The number of halogens is 1. The fourth-order valence-electron chi connectivity index (χ4n) is 1.56. The second-order valence-electron chi connectivity index (χ2n) is 4.33. The Kier molecular flexibility index (Phi) is 4.45. The lowest BCUT2D eigenvalue weighted by Gasteiger charge is -2.14. The van der Waals surface area contributed by atoms with Crippen LogP contribution in [0.3, 0.4) is 0 Å². The Labute approximate surface area is 126 Å². The maximum absolute atomic E-state index is 11.9. The zero-order valence-corrected chi connectivity index (χ0v) is 12.1. The quantitative estimate of drug-likeness (QED) is 0.938. The number of benzene rings is 1. The lowest BCUT2D eigenvalue weighted by atomic mass is 10.2. The third kappa shape index (κ3) is 3.74. The minimum Gasteiger partial charge on any atom is -0.479 e. The van der Waals surface area contributed by atoms with E-state index < -0.39 is 6.10 Å². The third-order valence-corrected chi connectivity index (χ3v) is 2.91. The Bertz CT molecular complexity index is 706. The van der Waals surface area contributed by atoms with Crippen molar-refractivity contribution in [3.8, 4) is 11.8 Å². The molecule has 0 bridgehead atoms. The number of rotatable bonds is 4. The molecule has 0 aliphatic carbocycles. The summed E-state index contributed by atoms with van der Waals surface area (Å²) in [4.78, 5) is 11.9. The van der Waals surface area contributed by atoms with Gasteiger partial charge in [-0.05, 0) is 32.0 Å². The predicted octanol–water partition coefficient (Wildman–Crippen LogP) is 2.91. The number of nitrogens with zero attached hydrogens (tertiary/aromatic N) is 2. The number of aryl methyl sites for hydroxylation is 1. The van der Waals surface area contributed by atoms with Crippen molar-refractivity contribution in [1.29, 1.82) is 5.26 Å². The first-order valence-electron chi connectivity index (χ1n) is 6.10. The van der Waals surface area contributed by atoms with E-state index in [1.165, 1.54) is 6.07 Å². The zero-order chi connectivity index (χ0) is 15.4. The monoisotopic (exact) mass is 305 g/mol. The van der Waals surface area contributed by atoms with Crippen molar-refractivity contribution in [3.05, 3.63) is 40.6 Å². The molecule has 1 atom stereocenters. The number of nitrogens with one attached hydrogen (secondary N) is 1. The topological polar surface area (TPSA) is 88.1 Å². The molecule has 21 heavy (non-hydrogen) atoms. The van der Waals surface area contributed by atoms with Gasteiger partial charge >= 0.3 is 0 Å². The summed E-state index contributed by atoms with van der Waals surface area (Å²) in [6.45, 7) is 3.30. The minimum absolute atomic E-state index is 0.269. The molecule has 0 aliphatic heterocycles. The van der Waals surface area contributed by atoms with Gasteiger partial charge in [0.2, 0.25) is 0 Å². The molecule has 2 rings (SSSR count). The predicted molar refractivity (Wildman–Crippen MR) is 76.1 cm³/mol. The van der Waals surface area contributed by atoms with Crippen LogP contribution in [0.4, 0.5) is 5.82 Å². The second-order valence-corrected chi connectivity index (χ2v) is 4.74. The van der Waals surface area contributed by atoms with Gasteiger partial charge in [0.1, 0.15) is 11.5 Å². The van der Waals surface area contributed by atoms with Gasteiger partial charge in [0.25, 0.3) is 5.91 Å². The molecule has 1 N–H and O–H groups in total. The number of anilines is 1. The van der Waals surface area contributed by atoms with Crippen molar-refractivity contribution in [2.75, 3.05) is 5.32 Å². The van der Waals surface area contributed by atoms with Crippen LogP contribution in [0.2, 0.25) is 5.02 Å². The van der Waals surface area contributed by atoms with Gasteiger partial charge in [0, 0.05) is 6.07 Å². The first-order valence-corrected chi connectivity index (χ1v) is 6.48. The lowest BCUT2D eigenvalue weighted by Crippen LogP contribution is -2.30. The van der Waals surface area contributed by atoms with Gasteiger partial charge < -0.3 is 14.6 Å². The van der Waals surface area contributed by atoms with E-state index in [0.717, 1.165) is 0 Å². The van der Waals surface area contributed by atoms with Crippen molar-refractivity contribution in [1.82, 2.24) is 5.16 Å². The Morgan fingerprint density at radius 1 is 1.52 bits per heavy atom. The van der Waals surface area contributed by atoms with Crippen molar-refractivity contribution in [2.45, 2.75) is 20.0 Å². The average Bonchev–Trinajstić information content (AvgIpc) is 2.86. The van der Waals surface area contributed by atoms with Gasteiger partial charge in [-0.3, -0.25) is 4.79 Å². The van der Waals surface area contributed by atoms with E-state index in [4.69, 9.17) is 26.1 Å². The summed E-state index contributed by atoms with van der Waals surface area (Å²) in [7, 11) is 0. The van der Waals surface area contributed by atoms with Crippen LogP contribution >= 0.6 is 11.6 Å². The number of amides is 1. The molecule has 0 aliphatic rings. The Morgan fingerprint density at radius 3 is 2.86 bits per heavy atom. The second kappa shape index (κ2) is 6.29. The van der Waals surface area contributed by atoms with E-state index in [2.05, 4.69) is 10.5 Å². The van der Waals surface area contributed by atoms with Crippen molar-refractivity contribution < 1.29 is 14.1 Å². The molecule has 0 saturated heterocycles. The molecule has 7 heteroatoms. The van der Waals surface area contributed by atoms with Crippen molar-refractivity contribution in [3.63, 3.8) is 0 Å². The molecule has 0 fully saturated rings. The Morgan fingerprint density at radius 2 is 2.29 bits per heavy atom. The minimum atomic E-state index is -0.785. The average molecular weight is 306 g/mol. The summed E-state index contributed by atoms with van der Waals surface area (Å²) < 4.78 is 10.3.